The zero-order valence-electron chi connectivity index (χ0n) is 11.1. The molecule has 0 spiro atoms. The van der Waals surface area contributed by atoms with Crippen molar-refractivity contribution in [2.75, 3.05) is 0 Å². The van der Waals surface area contributed by atoms with Crippen LogP contribution < -0.4 is 4.57 Å². The number of nitrogens with zero attached hydrogens (tertiary/aromatic N) is 1. The van der Waals surface area contributed by atoms with Crippen LogP contribution in [-0.2, 0) is 7.05 Å². The third kappa shape index (κ3) is 2.34. The Balaban J connectivity index is 2.73. The van der Waals surface area contributed by atoms with E-state index in [1.807, 2.05) is 5.41 Å². The molecule has 1 heterocycles. The third-order valence-electron chi connectivity index (χ3n) is 3.08. The number of rotatable bonds is 3. The van der Waals surface area contributed by atoms with Gasteiger partial charge in [-0.1, -0.05) is 36.5 Å². The molecule has 0 aliphatic carbocycles. The van der Waals surface area contributed by atoms with Crippen molar-refractivity contribution in [1.29, 1.82) is 0 Å². The van der Waals surface area contributed by atoms with Gasteiger partial charge >= 0.3 is 0 Å². The molecular weight excluding hydrogens is 238 g/mol. The molecule has 1 aromatic heterocycles. The molecule has 2 heteroatoms. The molecule has 0 N–H and O–H groups in total. The van der Waals surface area contributed by atoms with Crippen LogP contribution in [0.3, 0.4) is 0 Å². The van der Waals surface area contributed by atoms with Gasteiger partial charge in [0.15, 0.2) is 6.20 Å². The van der Waals surface area contributed by atoms with E-state index >= 15 is 0 Å². The van der Waals surface area contributed by atoms with Gasteiger partial charge < -0.3 is 0 Å². The Morgan fingerprint density at radius 1 is 1.11 bits per heavy atom. The summed E-state index contributed by atoms with van der Waals surface area (Å²) in [4.78, 5) is 1.28. The first-order chi connectivity index (χ1) is 8.65. The number of aromatic nitrogens is 1. The number of hydrogen-bond acceptors (Lipinski definition) is 1. The van der Waals surface area contributed by atoms with Gasteiger partial charge in [0.25, 0.3) is 0 Å². The van der Waals surface area contributed by atoms with Crippen LogP contribution in [0, 0.1) is 13.8 Å². The molecule has 92 valence electrons. The summed E-state index contributed by atoms with van der Waals surface area (Å²) in [5.74, 6) is 0. The lowest BCUT2D eigenvalue weighted by molar-refractivity contribution is -0.662. The quantitative estimate of drug-likeness (QED) is 0.592. The van der Waals surface area contributed by atoms with Crippen molar-refractivity contribution in [2.45, 2.75) is 18.7 Å². The van der Waals surface area contributed by atoms with Crippen molar-refractivity contribution in [3.05, 3.63) is 59.6 Å². The summed E-state index contributed by atoms with van der Waals surface area (Å²) in [5, 5.41) is 1.89. The monoisotopic (exact) mass is 256 g/mol. The normalized spacial score (nSPS) is 10.4. The topological polar surface area (TPSA) is 3.88 Å². The van der Waals surface area contributed by atoms with Gasteiger partial charge in [0.1, 0.15) is 7.05 Å². The van der Waals surface area contributed by atoms with Crippen LogP contribution in [-0.4, -0.2) is 0 Å². The smallest absolute Gasteiger partial charge is 0.200 e. The number of hydrogen-bond donors (Lipinski definition) is 0. The van der Waals surface area contributed by atoms with Crippen LogP contribution in [0.1, 0.15) is 11.1 Å². The second kappa shape index (κ2) is 5.40. The fourth-order valence-electron chi connectivity index (χ4n) is 2.10. The molecule has 2 rings (SSSR count). The van der Waals surface area contributed by atoms with Crippen molar-refractivity contribution in [2.24, 2.45) is 7.05 Å². The van der Waals surface area contributed by atoms with Crippen LogP contribution in [0.2, 0.25) is 0 Å². The summed E-state index contributed by atoms with van der Waals surface area (Å²) in [7, 11) is 2.09. The third-order valence-corrected chi connectivity index (χ3v) is 3.99. The second-order valence-corrected chi connectivity index (χ2v) is 5.36. The highest BCUT2D eigenvalue weighted by molar-refractivity contribution is 8.02. The second-order valence-electron chi connectivity index (χ2n) is 4.39. The molecule has 0 amide bonds. The van der Waals surface area contributed by atoms with Gasteiger partial charge in [-0.25, -0.2) is 4.57 Å². The van der Waals surface area contributed by atoms with Crippen LogP contribution in [0.25, 0.3) is 11.3 Å². The Labute approximate surface area is 113 Å². The first-order valence-electron chi connectivity index (χ1n) is 5.98. The molecule has 0 unspecified atom stereocenters. The van der Waals surface area contributed by atoms with Crippen molar-refractivity contribution >= 4 is 11.8 Å². The number of thioether (sulfide) groups is 1. The maximum atomic E-state index is 3.84. The molecule has 0 saturated carbocycles. The minimum absolute atomic E-state index is 1.26. The van der Waals surface area contributed by atoms with Gasteiger partial charge in [-0.05, 0) is 36.4 Å². The van der Waals surface area contributed by atoms with Crippen molar-refractivity contribution < 1.29 is 4.57 Å². The maximum absolute atomic E-state index is 3.84. The van der Waals surface area contributed by atoms with E-state index in [-0.39, 0.29) is 0 Å². The predicted octanol–water partition coefficient (Wildman–Crippen LogP) is 4.03. The molecule has 0 fully saturated rings. The van der Waals surface area contributed by atoms with Gasteiger partial charge in [0, 0.05) is 6.07 Å². The zero-order valence-corrected chi connectivity index (χ0v) is 11.9. The Morgan fingerprint density at radius 2 is 1.83 bits per heavy atom. The van der Waals surface area contributed by atoms with Gasteiger partial charge in [-0.2, -0.15) is 0 Å². The van der Waals surface area contributed by atoms with E-state index < -0.39 is 0 Å². The first-order valence-corrected chi connectivity index (χ1v) is 6.86. The Morgan fingerprint density at radius 3 is 2.50 bits per heavy atom. The van der Waals surface area contributed by atoms with Crippen LogP contribution >= 0.6 is 11.8 Å². The minimum Gasteiger partial charge on any atom is -0.200 e. The highest BCUT2D eigenvalue weighted by Gasteiger charge is 2.19. The maximum Gasteiger partial charge on any atom is 0.226 e. The van der Waals surface area contributed by atoms with E-state index in [1.165, 1.54) is 27.3 Å². The molecular formula is C16H18NS+. The lowest BCUT2D eigenvalue weighted by Gasteiger charge is -2.10. The van der Waals surface area contributed by atoms with Gasteiger partial charge in [-0.15, -0.1) is 0 Å². The summed E-state index contributed by atoms with van der Waals surface area (Å²) in [5.41, 5.74) is 5.13. The van der Waals surface area contributed by atoms with Crippen LogP contribution in [0.15, 0.2) is 53.4 Å². The average molecular weight is 256 g/mol. The predicted molar refractivity (Wildman–Crippen MR) is 78.6 cm³/mol. The molecule has 0 saturated heterocycles. The molecule has 0 aliphatic rings. The molecule has 2 aromatic rings. The Kier molecular flexibility index (Phi) is 3.87. The van der Waals surface area contributed by atoms with Gasteiger partial charge in [-0.3, -0.25) is 0 Å². The highest BCUT2D eigenvalue weighted by atomic mass is 32.2. The summed E-state index contributed by atoms with van der Waals surface area (Å²) in [6, 6.07) is 10.6. The Bertz CT molecular complexity index is 588. The molecule has 1 nitrogen and oxygen atoms in total. The number of benzene rings is 1. The molecule has 18 heavy (non-hydrogen) atoms. The largest absolute Gasteiger partial charge is 0.226 e. The van der Waals surface area contributed by atoms with Crippen LogP contribution in [0.4, 0.5) is 0 Å². The molecule has 0 bridgehead atoms. The molecule has 1 aromatic carbocycles. The number of pyridine rings is 1. The first kappa shape index (κ1) is 12.9. The lowest BCUT2D eigenvalue weighted by atomic mass is 10.0. The van der Waals surface area contributed by atoms with Crippen LogP contribution in [0.5, 0.6) is 0 Å². The average Bonchev–Trinajstić information content (AvgIpc) is 2.36. The van der Waals surface area contributed by atoms with E-state index in [4.69, 9.17) is 0 Å². The van der Waals surface area contributed by atoms with E-state index in [9.17, 15) is 0 Å². The summed E-state index contributed by atoms with van der Waals surface area (Å²) < 4.78 is 2.18. The summed E-state index contributed by atoms with van der Waals surface area (Å²) in [6.45, 7) is 8.14. The van der Waals surface area contributed by atoms with E-state index in [0.29, 0.717) is 0 Å². The molecule has 0 aliphatic heterocycles. The van der Waals surface area contributed by atoms with Gasteiger partial charge in [0.2, 0.25) is 5.69 Å². The lowest BCUT2D eigenvalue weighted by Crippen LogP contribution is -2.31. The van der Waals surface area contributed by atoms with Crippen molar-refractivity contribution in [1.82, 2.24) is 0 Å². The summed E-state index contributed by atoms with van der Waals surface area (Å²) >= 11 is 1.69. The van der Waals surface area contributed by atoms with E-state index in [0.717, 1.165) is 0 Å². The molecule has 0 atom stereocenters. The van der Waals surface area contributed by atoms with Crippen molar-refractivity contribution in [3.63, 3.8) is 0 Å². The number of aryl methyl sites for hydroxylation is 3. The zero-order chi connectivity index (χ0) is 13.1. The van der Waals surface area contributed by atoms with E-state index in [2.05, 4.69) is 68.6 Å². The van der Waals surface area contributed by atoms with Gasteiger partial charge in [0.05, 0.1) is 10.5 Å². The summed E-state index contributed by atoms with van der Waals surface area (Å²) in [6.07, 6.45) is 2.12. The molecule has 0 radical (unpaired) electrons. The standard InChI is InChI=1S/C16H18NS/c1-5-18-16-13(3)10-11-17(4)15(16)14-9-7-6-8-12(14)2/h5-11H,1H2,2-4H3/q+1. The minimum atomic E-state index is 1.26. The highest BCUT2D eigenvalue weighted by Crippen LogP contribution is 2.33. The fourth-order valence-corrected chi connectivity index (χ4v) is 2.89. The van der Waals surface area contributed by atoms with E-state index in [1.54, 1.807) is 11.8 Å². The Hall–Kier alpha value is -1.54. The SMILES string of the molecule is C=CSc1c(C)cc[n+](C)c1-c1ccccc1C. The van der Waals surface area contributed by atoms with Crippen molar-refractivity contribution in [3.8, 4) is 11.3 Å². The fraction of sp³-hybridized carbons (Fsp3) is 0.188.